The summed E-state index contributed by atoms with van der Waals surface area (Å²) < 4.78 is 27.5. The fourth-order valence-electron chi connectivity index (χ4n) is 3.99. The second-order valence-corrected chi connectivity index (χ2v) is 9.92. The van der Waals surface area contributed by atoms with Crippen molar-refractivity contribution in [3.63, 3.8) is 0 Å². The number of fused-ring (bicyclic) bond motifs is 1. The Labute approximate surface area is 183 Å². The predicted octanol–water partition coefficient (Wildman–Crippen LogP) is 4.63. The minimum Gasteiger partial charge on any atom is -0.345 e. The molecule has 31 heavy (non-hydrogen) atoms. The number of nitrogens with zero attached hydrogens (tertiary/aromatic N) is 1. The van der Waals surface area contributed by atoms with Crippen LogP contribution in [0.2, 0.25) is 0 Å². The summed E-state index contributed by atoms with van der Waals surface area (Å²) in [6, 6.07) is 21.6. The van der Waals surface area contributed by atoms with Gasteiger partial charge in [0.1, 0.15) is 0 Å². The van der Waals surface area contributed by atoms with Crippen LogP contribution in [0.4, 0.5) is 5.69 Å². The summed E-state index contributed by atoms with van der Waals surface area (Å²) in [6.45, 7) is 1.95. The SMILES string of the molecule is Cc1ccc(N(C)S(=O)(=O)c2cccc(C(=O)NC3CCCc4ccccc43)c2)cc1. The number of nitrogens with one attached hydrogen (secondary N) is 1. The topological polar surface area (TPSA) is 66.5 Å². The first-order chi connectivity index (χ1) is 14.9. The number of amides is 1. The Morgan fingerprint density at radius 1 is 1.00 bits per heavy atom. The Morgan fingerprint density at radius 3 is 2.52 bits per heavy atom. The van der Waals surface area contributed by atoms with E-state index < -0.39 is 10.0 Å². The lowest BCUT2D eigenvalue weighted by Gasteiger charge is -2.26. The lowest BCUT2D eigenvalue weighted by Crippen LogP contribution is -2.31. The Balaban J connectivity index is 1.57. The summed E-state index contributed by atoms with van der Waals surface area (Å²) in [5.74, 6) is -0.267. The van der Waals surface area contributed by atoms with E-state index in [0.29, 0.717) is 11.3 Å². The van der Waals surface area contributed by atoms with Crippen molar-refractivity contribution in [2.45, 2.75) is 37.1 Å². The van der Waals surface area contributed by atoms with Crippen molar-refractivity contribution in [1.29, 1.82) is 0 Å². The quantitative estimate of drug-likeness (QED) is 0.637. The predicted molar refractivity (Wildman–Crippen MR) is 123 cm³/mol. The summed E-state index contributed by atoms with van der Waals surface area (Å²) in [4.78, 5) is 13.0. The number of sulfonamides is 1. The number of carbonyl (C=O) groups is 1. The van der Waals surface area contributed by atoms with E-state index in [9.17, 15) is 13.2 Å². The zero-order chi connectivity index (χ0) is 22.0. The average molecular weight is 435 g/mol. The van der Waals surface area contributed by atoms with E-state index in [4.69, 9.17) is 0 Å². The number of hydrogen-bond acceptors (Lipinski definition) is 3. The van der Waals surface area contributed by atoms with Crippen molar-refractivity contribution < 1.29 is 13.2 Å². The highest BCUT2D eigenvalue weighted by Crippen LogP contribution is 2.30. The first kappa shape index (κ1) is 21.1. The molecule has 4 rings (SSSR count). The molecule has 0 fully saturated rings. The number of anilines is 1. The number of benzene rings is 3. The minimum atomic E-state index is -3.79. The third-order valence-electron chi connectivity index (χ3n) is 5.83. The van der Waals surface area contributed by atoms with E-state index in [1.54, 1.807) is 24.3 Å². The molecule has 1 unspecified atom stereocenters. The lowest BCUT2D eigenvalue weighted by atomic mass is 9.87. The molecule has 0 spiro atoms. The molecule has 1 aliphatic carbocycles. The maximum Gasteiger partial charge on any atom is 0.264 e. The second-order valence-electron chi connectivity index (χ2n) is 7.95. The van der Waals surface area contributed by atoms with Gasteiger partial charge in [-0.25, -0.2) is 8.42 Å². The van der Waals surface area contributed by atoms with Crippen LogP contribution in [0.1, 0.15) is 45.9 Å². The highest BCUT2D eigenvalue weighted by Gasteiger charge is 2.25. The molecule has 0 saturated heterocycles. The monoisotopic (exact) mass is 434 g/mol. The molecule has 5 nitrogen and oxygen atoms in total. The van der Waals surface area contributed by atoms with E-state index in [1.165, 1.54) is 29.0 Å². The first-order valence-corrected chi connectivity index (χ1v) is 11.8. The fraction of sp³-hybridized carbons (Fsp3) is 0.240. The molecule has 0 heterocycles. The Morgan fingerprint density at radius 2 is 1.74 bits per heavy atom. The molecule has 0 saturated carbocycles. The van der Waals surface area contributed by atoms with Crippen molar-refractivity contribution in [2.24, 2.45) is 0 Å². The van der Waals surface area contributed by atoms with Gasteiger partial charge in [0.05, 0.1) is 16.6 Å². The molecule has 0 aromatic heterocycles. The second kappa shape index (κ2) is 8.55. The standard InChI is InChI=1S/C25H26N2O3S/c1-18-13-15-21(16-14-18)27(2)31(29,30)22-10-5-9-20(17-22)25(28)26-24-12-6-8-19-7-3-4-11-23(19)24/h3-5,7,9-11,13-17,24H,6,8,12H2,1-2H3,(H,26,28). The van der Waals surface area contributed by atoms with Gasteiger partial charge < -0.3 is 5.32 Å². The minimum absolute atomic E-state index is 0.0621. The molecule has 0 bridgehead atoms. The number of carbonyl (C=O) groups excluding carboxylic acids is 1. The van der Waals surface area contributed by atoms with Crippen LogP contribution in [0.3, 0.4) is 0 Å². The van der Waals surface area contributed by atoms with Crippen LogP contribution < -0.4 is 9.62 Å². The maximum absolute atomic E-state index is 13.1. The van der Waals surface area contributed by atoms with Gasteiger partial charge in [-0.3, -0.25) is 9.10 Å². The zero-order valence-electron chi connectivity index (χ0n) is 17.7. The van der Waals surface area contributed by atoms with Gasteiger partial charge in [-0.1, -0.05) is 48.0 Å². The largest absolute Gasteiger partial charge is 0.345 e. The van der Waals surface area contributed by atoms with Crippen molar-refractivity contribution in [3.05, 3.63) is 95.1 Å². The molecule has 6 heteroatoms. The molecule has 1 aliphatic rings. The van der Waals surface area contributed by atoms with E-state index in [2.05, 4.69) is 17.4 Å². The normalized spacial score (nSPS) is 15.7. The summed E-state index contributed by atoms with van der Waals surface area (Å²) in [5.41, 5.74) is 4.36. The van der Waals surface area contributed by atoms with E-state index >= 15 is 0 Å². The fourth-order valence-corrected chi connectivity index (χ4v) is 5.24. The van der Waals surface area contributed by atoms with Gasteiger partial charge in [0.25, 0.3) is 15.9 Å². The number of hydrogen-bond donors (Lipinski definition) is 1. The average Bonchev–Trinajstić information content (AvgIpc) is 2.79. The molecule has 1 amide bonds. The van der Waals surface area contributed by atoms with Crippen molar-refractivity contribution >= 4 is 21.6 Å². The van der Waals surface area contributed by atoms with Gasteiger partial charge in [-0.05, 0) is 67.6 Å². The van der Waals surface area contributed by atoms with Gasteiger partial charge in [0.15, 0.2) is 0 Å². The summed E-state index contributed by atoms with van der Waals surface area (Å²) >= 11 is 0. The van der Waals surface area contributed by atoms with Gasteiger partial charge in [0, 0.05) is 12.6 Å². The van der Waals surface area contributed by atoms with Crippen LogP contribution in [0, 0.1) is 6.92 Å². The van der Waals surface area contributed by atoms with E-state index in [0.717, 1.165) is 30.4 Å². The van der Waals surface area contributed by atoms with Crippen LogP contribution in [-0.2, 0) is 16.4 Å². The Bertz CT molecular complexity index is 1200. The van der Waals surface area contributed by atoms with Crippen molar-refractivity contribution in [1.82, 2.24) is 5.32 Å². The van der Waals surface area contributed by atoms with Crippen molar-refractivity contribution in [2.75, 3.05) is 11.4 Å². The molecule has 160 valence electrons. The van der Waals surface area contributed by atoms with Gasteiger partial charge in [-0.2, -0.15) is 0 Å². The molecule has 0 aliphatic heterocycles. The number of aryl methyl sites for hydroxylation is 2. The highest BCUT2D eigenvalue weighted by atomic mass is 32.2. The molecule has 0 radical (unpaired) electrons. The molecular formula is C25H26N2O3S. The highest BCUT2D eigenvalue weighted by molar-refractivity contribution is 7.92. The Kier molecular flexibility index (Phi) is 5.83. The van der Waals surface area contributed by atoms with Crippen LogP contribution in [0.25, 0.3) is 0 Å². The summed E-state index contributed by atoms with van der Waals surface area (Å²) in [7, 11) is -2.27. The molecule has 1 N–H and O–H groups in total. The lowest BCUT2D eigenvalue weighted by molar-refractivity contribution is 0.0932. The molecule has 3 aromatic carbocycles. The summed E-state index contributed by atoms with van der Waals surface area (Å²) in [5, 5.41) is 3.09. The van der Waals surface area contributed by atoms with Gasteiger partial charge in [-0.15, -0.1) is 0 Å². The molecule has 1 atom stereocenters. The van der Waals surface area contributed by atoms with E-state index in [-0.39, 0.29) is 16.8 Å². The Hall–Kier alpha value is -3.12. The van der Waals surface area contributed by atoms with Crippen LogP contribution >= 0.6 is 0 Å². The van der Waals surface area contributed by atoms with Gasteiger partial charge in [0.2, 0.25) is 0 Å². The van der Waals surface area contributed by atoms with Crippen LogP contribution in [0.5, 0.6) is 0 Å². The third kappa shape index (κ3) is 4.35. The smallest absolute Gasteiger partial charge is 0.264 e. The maximum atomic E-state index is 13.1. The molecular weight excluding hydrogens is 408 g/mol. The number of rotatable bonds is 5. The van der Waals surface area contributed by atoms with Crippen LogP contribution in [-0.4, -0.2) is 21.4 Å². The van der Waals surface area contributed by atoms with E-state index in [1.807, 2.05) is 31.2 Å². The van der Waals surface area contributed by atoms with Crippen LogP contribution in [0.15, 0.2) is 77.7 Å². The molecule has 3 aromatic rings. The van der Waals surface area contributed by atoms with Crippen molar-refractivity contribution in [3.8, 4) is 0 Å². The summed E-state index contributed by atoms with van der Waals surface area (Å²) in [6.07, 6.45) is 2.90. The first-order valence-electron chi connectivity index (χ1n) is 10.4. The third-order valence-corrected chi connectivity index (χ3v) is 7.61. The van der Waals surface area contributed by atoms with Gasteiger partial charge >= 0.3 is 0 Å². The zero-order valence-corrected chi connectivity index (χ0v) is 18.5.